The average Bonchev–Trinajstić information content (AvgIpc) is 2.91. The minimum atomic E-state index is -0.0380. The molecule has 1 saturated heterocycles. The van der Waals surface area contributed by atoms with Crippen molar-refractivity contribution in [3.8, 4) is 0 Å². The van der Waals surface area contributed by atoms with Crippen LogP contribution in [0.4, 0.5) is 0 Å². The SMILES string of the molecule is NC(c1ccc2cccnc2c1)C1CCCO1. The minimum Gasteiger partial charge on any atom is -0.376 e. The van der Waals surface area contributed by atoms with Gasteiger partial charge in [-0.1, -0.05) is 18.2 Å². The van der Waals surface area contributed by atoms with Gasteiger partial charge in [-0.05, 0) is 30.5 Å². The zero-order chi connectivity index (χ0) is 11.7. The summed E-state index contributed by atoms with van der Waals surface area (Å²) in [5, 5.41) is 1.15. The summed E-state index contributed by atoms with van der Waals surface area (Å²) in [6.45, 7) is 0.837. The second kappa shape index (κ2) is 4.43. The zero-order valence-electron chi connectivity index (χ0n) is 9.67. The van der Waals surface area contributed by atoms with E-state index in [1.165, 1.54) is 0 Å². The number of ether oxygens (including phenoxy) is 1. The Hall–Kier alpha value is -1.45. The first-order chi connectivity index (χ1) is 8.34. The van der Waals surface area contributed by atoms with Gasteiger partial charge in [0.2, 0.25) is 0 Å². The number of pyridine rings is 1. The van der Waals surface area contributed by atoms with Gasteiger partial charge in [0.25, 0.3) is 0 Å². The van der Waals surface area contributed by atoms with Crippen molar-refractivity contribution >= 4 is 10.9 Å². The lowest BCUT2D eigenvalue weighted by Crippen LogP contribution is -2.25. The van der Waals surface area contributed by atoms with Crippen LogP contribution in [-0.4, -0.2) is 17.7 Å². The van der Waals surface area contributed by atoms with Crippen molar-refractivity contribution in [2.45, 2.75) is 25.0 Å². The first kappa shape index (κ1) is 10.7. The van der Waals surface area contributed by atoms with Gasteiger partial charge < -0.3 is 10.5 Å². The van der Waals surface area contributed by atoms with Crippen molar-refractivity contribution in [2.75, 3.05) is 6.61 Å². The van der Waals surface area contributed by atoms with Gasteiger partial charge in [0, 0.05) is 18.2 Å². The van der Waals surface area contributed by atoms with Gasteiger partial charge >= 0.3 is 0 Å². The van der Waals surface area contributed by atoms with Gasteiger partial charge in [-0.3, -0.25) is 4.98 Å². The minimum absolute atomic E-state index is 0.0380. The predicted molar refractivity (Wildman–Crippen MR) is 67.6 cm³/mol. The maximum Gasteiger partial charge on any atom is 0.0768 e. The molecule has 88 valence electrons. The van der Waals surface area contributed by atoms with Gasteiger partial charge in [0.05, 0.1) is 17.7 Å². The summed E-state index contributed by atoms with van der Waals surface area (Å²) in [5.41, 5.74) is 8.35. The number of fused-ring (bicyclic) bond motifs is 1. The Bertz CT molecular complexity index is 520. The third-order valence-electron chi connectivity index (χ3n) is 3.38. The molecule has 17 heavy (non-hydrogen) atoms. The summed E-state index contributed by atoms with van der Waals surface area (Å²) >= 11 is 0. The fourth-order valence-corrected chi connectivity index (χ4v) is 2.39. The highest BCUT2D eigenvalue weighted by Gasteiger charge is 2.24. The van der Waals surface area contributed by atoms with E-state index in [1.807, 2.05) is 12.3 Å². The standard InChI is InChI=1S/C14H16N2O/c15-14(13-4-2-8-17-13)11-6-5-10-3-1-7-16-12(10)9-11/h1,3,5-7,9,13-14H,2,4,8,15H2. The third kappa shape index (κ3) is 2.04. The summed E-state index contributed by atoms with van der Waals surface area (Å²) in [6, 6.07) is 10.2. The van der Waals surface area contributed by atoms with E-state index in [9.17, 15) is 0 Å². The van der Waals surface area contributed by atoms with Crippen LogP contribution in [-0.2, 0) is 4.74 Å². The van der Waals surface area contributed by atoms with Gasteiger partial charge in [-0.2, -0.15) is 0 Å². The second-order valence-electron chi connectivity index (χ2n) is 4.53. The molecule has 2 N–H and O–H groups in total. The Morgan fingerprint density at radius 2 is 2.29 bits per heavy atom. The highest BCUT2D eigenvalue weighted by Crippen LogP contribution is 2.26. The highest BCUT2D eigenvalue weighted by atomic mass is 16.5. The van der Waals surface area contributed by atoms with Crippen LogP contribution in [0.15, 0.2) is 36.5 Å². The topological polar surface area (TPSA) is 48.1 Å². The molecule has 0 amide bonds. The number of nitrogens with two attached hydrogens (primary N) is 1. The molecule has 3 nitrogen and oxygen atoms in total. The lowest BCUT2D eigenvalue weighted by molar-refractivity contribution is 0.0901. The molecular formula is C14H16N2O. The summed E-state index contributed by atoms with van der Waals surface area (Å²) in [5.74, 6) is 0. The summed E-state index contributed by atoms with van der Waals surface area (Å²) in [7, 11) is 0. The molecule has 2 atom stereocenters. The van der Waals surface area contributed by atoms with Crippen LogP contribution in [0.1, 0.15) is 24.4 Å². The summed E-state index contributed by atoms with van der Waals surface area (Å²) < 4.78 is 5.64. The first-order valence-electron chi connectivity index (χ1n) is 6.06. The number of rotatable bonds is 2. The quantitative estimate of drug-likeness (QED) is 0.858. The normalized spacial score (nSPS) is 21.8. The number of hydrogen-bond donors (Lipinski definition) is 1. The monoisotopic (exact) mass is 228 g/mol. The Morgan fingerprint density at radius 3 is 3.12 bits per heavy atom. The fourth-order valence-electron chi connectivity index (χ4n) is 2.39. The second-order valence-corrected chi connectivity index (χ2v) is 4.53. The van der Waals surface area contributed by atoms with E-state index in [1.54, 1.807) is 0 Å². The predicted octanol–water partition coefficient (Wildman–Crippen LogP) is 2.41. The van der Waals surface area contributed by atoms with E-state index in [-0.39, 0.29) is 12.1 Å². The van der Waals surface area contributed by atoms with Gasteiger partial charge in [-0.15, -0.1) is 0 Å². The Morgan fingerprint density at radius 1 is 1.35 bits per heavy atom. The number of aromatic nitrogens is 1. The third-order valence-corrected chi connectivity index (χ3v) is 3.38. The largest absolute Gasteiger partial charge is 0.376 e. The molecular weight excluding hydrogens is 212 g/mol. The Kier molecular flexibility index (Phi) is 2.79. The molecule has 0 aliphatic carbocycles. The molecule has 0 radical (unpaired) electrons. The molecule has 1 fully saturated rings. The lowest BCUT2D eigenvalue weighted by atomic mass is 9.99. The van der Waals surface area contributed by atoms with E-state index in [0.29, 0.717) is 0 Å². The van der Waals surface area contributed by atoms with Crippen LogP contribution in [0.2, 0.25) is 0 Å². The van der Waals surface area contributed by atoms with Gasteiger partial charge in [0.1, 0.15) is 0 Å². The van der Waals surface area contributed by atoms with Gasteiger partial charge in [0.15, 0.2) is 0 Å². The van der Waals surface area contributed by atoms with Crippen LogP contribution < -0.4 is 5.73 Å². The molecule has 3 heteroatoms. The van der Waals surface area contributed by atoms with Crippen molar-refractivity contribution in [2.24, 2.45) is 5.73 Å². The molecule has 1 aromatic heterocycles. The van der Waals surface area contributed by atoms with Crippen LogP contribution in [0, 0.1) is 0 Å². The van der Waals surface area contributed by atoms with E-state index < -0.39 is 0 Å². The van der Waals surface area contributed by atoms with E-state index in [4.69, 9.17) is 10.5 Å². The van der Waals surface area contributed by atoms with Crippen molar-refractivity contribution < 1.29 is 4.74 Å². The first-order valence-corrected chi connectivity index (χ1v) is 6.06. The molecule has 2 unspecified atom stereocenters. The molecule has 1 aliphatic rings. The van der Waals surface area contributed by atoms with Gasteiger partial charge in [-0.25, -0.2) is 0 Å². The number of hydrogen-bond acceptors (Lipinski definition) is 3. The van der Waals surface area contributed by atoms with Crippen LogP contribution >= 0.6 is 0 Å². The number of benzene rings is 1. The maximum absolute atomic E-state index is 6.24. The molecule has 2 heterocycles. The molecule has 0 bridgehead atoms. The van der Waals surface area contributed by atoms with E-state index in [0.717, 1.165) is 35.9 Å². The van der Waals surface area contributed by atoms with Crippen LogP contribution in [0.5, 0.6) is 0 Å². The highest BCUT2D eigenvalue weighted by molar-refractivity contribution is 5.79. The van der Waals surface area contributed by atoms with E-state index in [2.05, 4.69) is 29.2 Å². The summed E-state index contributed by atoms with van der Waals surface area (Å²) in [4.78, 5) is 4.35. The van der Waals surface area contributed by atoms with E-state index >= 15 is 0 Å². The van der Waals surface area contributed by atoms with Crippen LogP contribution in [0.25, 0.3) is 10.9 Å². The average molecular weight is 228 g/mol. The molecule has 3 rings (SSSR count). The smallest absolute Gasteiger partial charge is 0.0768 e. The zero-order valence-corrected chi connectivity index (χ0v) is 9.67. The molecule has 1 aromatic carbocycles. The van der Waals surface area contributed by atoms with Crippen molar-refractivity contribution in [3.63, 3.8) is 0 Å². The summed E-state index contributed by atoms with van der Waals surface area (Å²) in [6.07, 6.45) is 4.14. The Balaban J connectivity index is 1.94. The fraction of sp³-hybridized carbons (Fsp3) is 0.357. The molecule has 0 saturated carbocycles. The van der Waals surface area contributed by atoms with Crippen molar-refractivity contribution in [1.82, 2.24) is 4.98 Å². The molecule has 2 aromatic rings. The Labute approximate surface area is 101 Å². The number of nitrogens with zero attached hydrogens (tertiary/aromatic N) is 1. The van der Waals surface area contributed by atoms with Crippen LogP contribution in [0.3, 0.4) is 0 Å². The van der Waals surface area contributed by atoms with Crippen molar-refractivity contribution in [1.29, 1.82) is 0 Å². The maximum atomic E-state index is 6.24. The lowest BCUT2D eigenvalue weighted by Gasteiger charge is -2.19. The molecule has 0 spiro atoms. The molecule has 1 aliphatic heterocycles. The van der Waals surface area contributed by atoms with Crippen molar-refractivity contribution in [3.05, 3.63) is 42.1 Å².